The van der Waals surface area contributed by atoms with Crippen LogP contribution < -0.4 is 0 Å². The maximum Gasteiger partial charge on any atom is 0.352 e. The fraction of sp³-hybridized carbons (Fsp3) is 0.267. The fourth-order valence-corrected chi connectivity index (χ4v) is 1.98. The molecule has 110 valence electrons. The van der Waals surface area contributed by atoms with E-state index in [0.717, 1.165) is 12.0 Å². The molecule has 0 radical (unpaired) electrons. The first-order chi connectivity index (χ1) is 10.1. The van der Waals surface area contributed by atoms with Crippen LogP contribution in [0.25, 0.3) is 0 Å². The summed E-state index contributed by atoms with van der Waals surface area (Å²) < 4.78 is 1.44. The van der Waals surface area contributed by atoms with E-state index in [-0.39, 0.29) is 18.1 Å². The van der Waals surface area contributed by atoms with Crippen molar-refractivity contribution < 1.29 is 14.7 Å². The van der Waals surface area contributed by atoms with Gasteiger partial charge in [0.15, 0.2) is 0 Å². The highest BCUT2D eigenvalue weighted by Gasteiger charge is 2.14. The van der Waals surface area contributed by atoms with Crippen molar-refractivity contribution in [1.29, 1.82) is 0 Å². The summed E-state index contributed by atoms with van der Waals surface area (Å²) in [5, 5.41) is 9.01. The average molecular weight is 287 g/mol. The largest absolute Gasteiger partial charge is 0.477 e. The third kappa shape index (κ3) is 3.92. The van der Waals surface area contributed by atoms with Crippen LogP contribution in [0.4, 0.5) is 0 Å². The lowest BCUT2D eigenvalue weighted by Gasteiger charge is -2.18. The van der Waals surface area contributed by atoms with Gasteiger partial charge in [-0.25, -0.2) is 4.79 Å². The molecule has 0 unspecified atom stereocenters. The molecule has 6 heteroatoms. The van der Waals surface area contributed by atoms with E-state index in [9.17, 15) is 9.59 Å². The van der Waals surface area contributed by atoms with Crippen molar-refractivity contribution >= 4 is 11.9 Å². The van der Waals surface area contributed by atoms with E-state index in [1.807, 2.05) is 12.1 Å². The van der Waals surface area contributed by atoms with Crippen LogP contribution in [0.5, 0.6) is 0 Å². The second-order valence-corrected chi connectivity index (χ2v) is 4.75. The number of carboxylic acid groups (broad SMARTS) is 1. The van der Waals surface area contributed by atoms with E-state index in [1.54, 1.807) is 36.6 Å². The van der Waals surface area contributed by atoms with E-state index in [4.69, 9.17) is 5.11 Å². The Morgan fingerprint density at radius 2 is 2.00 bits per heavy atom. The third-order valence-electron chi connectivity index (χ3n) is 3.27. The normalized spacial score (nSPS) is 10.3. The van der Waals surface area contributed by atoms with Crippen LogP contribution >= 0.6 is 0 Å². The lowest BCUT2D eigenvalue weighted by molar-refractivity contribution is -0.130. The molecule has 2 rings (SSSR count). The van der Waals surface area contributed by atoms with Gasteiger partial charge in [0.05, 0.1) is 0 Å². The van der Waals surface area contributed by atoms with E-state index in [1.165, 1.54) is 10.6 Å². The summed E-state index contributed by atoms with van der Waals surface area (Å²) in [6.07, 6.45) is 5.77. The van der Waals surface area contributed by atoms with Crippen LogP contribution in [-0.2, 0) is 17.8 Å². The standard InChI is InChI=1S/C15H17N3O3/c1-17(10-6-12-4-7-16-8-5-12)14(19)11-18-9-2-3-13(18)15(20)21/h2-5,7-9H,6,10-11H2,1H3,(H,20,21). The lowest BCUT2D eigenvalue weighted by Crippen LogP contribution is -2.32. The molecule has 6 nitrogen and oxygen atoms in total. The Morgan fingerprint density at radius 3 is 2.67 bits per heavy atom. The molecule has 2 heterocycles. The molecule has 0 fully saturated rings. The highest BCUT2D eigenvalue weighted by atomic mass is 16.4. The Labute approximate surface area is 122 Å². The Hall–Kier alpha value is -2.63. The van der Waals surface area contributed by atoms with E-state index in [0.29, 0.717) is 6.54 Å². The molecule has 0 aliphatic rings. The van der Waals surface area contributed by atoms with Crippen LogP contribution in [0.3, 0.4) is 0 Å². The van der Waals surface area contributed by atoms with Crippen LogP contribution in [-0.4, -0.2) is 45.0 Å². The van der Waals surface area contributed by atoms with Gasteiger partial charge in [-0.1, -0.05) is 0 Å². The van der Waals surface area contributed by atoms with Crippen molar-refractivity contribution in [3.8, 4) is 0 Å². The summed E-state index contributed by atoms with van der Waals surface area (Å²) in [5.41, 5.74) is 1.22. The number of aromatic nitrogens is 2. The number of carboxylic acids is 1. The summed E-state index contributed by atoms with van der Waals surface area (Å²) in [4.78, 5) is 28.6. The Kier molecular flexibility index (Phi) is 4.71. The molecule has 0 atom stereocenters. The van der Waals surface area contributed by atoms with E-state index >= 15 is 0 Å². The molecule has 1 amide bonds. The highest BCUT2D eigenvalue weighted by Crippen LogP contribution is 2.04. The monoisotopic (exact) mass is 287 g/mol. The SMILES string of the molecule is CN(CCc1ccncc1)C(=O)Cn1cccc1C(=O)O. The minimum Gasteiger partial charge on any atom is -0.477 e. The van der Waals surface area contributed by atoms with Gasteiger partial charge in [0.1, 0.15) is 12.2 Å². The van der Waals surface area contributed by atoms with E-state index < -0.39 is 5.97 Å². The minimum atomic E-state index is -1.03. The van der Waals surface area contributed by atoms with Crippen LogP contribution in [0.2, 0.25) is 0 Å². The highest BCUT2D eigenvalue weighted by molar-refractivity contribution is 5.86. The average Bonchev–Trinajstić information content (AvgIpc) is 2.94. The molecule has 0 spiro atoms. The summed E-state index contributed by atoms with van der Waals surface area (Å²) >= 11 is 0. The molecule has 2 aromatic rings. The molecule has 0 saturated carbocycles. The minimum absolute atomic E-state index is 0.0292. The van der Waals surface area contributed by atoms with E-state index in [2.05, 4.69) is 4.98 Å². The summed E-state index contributed by atoms with van der Waals surface area (Å²) in [6.45, 7) is 0.605. The van der Waals surface area contributed by atoms with Gasteiger partial charge < -0.3 is 14.6 Å². The van der Waals surface area contributed by atoms with Crippen molar-refractivity contribution in [2.45, 2.75) is 13.0 Å². The molecular formula is C15H17N3O3. The van der Waals surface area contributed by atoms with Crippen molar-refractivity contribution in [2.24, 2.45) is 0 Å². The smallest absolute Gasteiger partial charge is 0.352 e. The Bertz CT molecular complexity index is 622. The maximum absolute atomic E-state index is 12.1. The Balaban J connectivity index is 1.90. The number of rotatable bonds is 6. The van der Waals surface area contributed by atoms with Crippen LogP contribution in [0.1, 0.15) is 16.1 Å². The first-order valence-electron chi connectivity index (χ1n) is 6.59. The topological polar surface area (TPSA) is 75.4 Å². The maximum atomic E-state index is 12.1. The zero-order valence-electron chi connectivity index (χ0n) is 11.8. The van der Waals surface area contributed by atoms with Crippen LogP contribution in [0.15, 0.2) is 42.9 Å². The number of nitrogens with zero attached hydrogens (tertiary/aromatic N) is 3. The molecule has 1 N–H and O–H groups in total. The van der Waals surface area contributed by atoms with Crippen molar-refractivity contribution in [3.63, 3.8) is 0 Å². The fourth-order valence-electron chi connectivity index (χ4n) is 1.98. The zero-order valence-corrected chi connectivity index (χ0v) is 11.8. The summed E-state index contributed by atoms with van der Waals surface area (Å²) in [5.74, 6) is -1.16. The number of hydrogen-bond acceptors (Lipinski definition) is 3. The van der Waals surface area contributed by atoms with Crippen molar-refractivity contribution in [3.05, 3.63) is 54.1 Å². The van der Waals surface area contributed by atoms with Crippen molar-refractivity contribution in [1.82, 2.24) is 14.5 Å². The van der Waals surface area contributed by atoms with Gasteiger partial charge in [-0.15, -0.1) is 0 Å². The quantitative estimate of drug-likeness (QED) is 0.868. The van der Waals surface area contributed by atoms with Gasteiger partial charge >= 0.3 is 5.97 Å². The van der Waals surface area contributed by atoms with Gasteiger partial charge in [0.25, 0.3) is 0 Å². The number of carbonyl (C=O) groups is 2. The number of carbonyl (C=O) groups excluding carboxylic acids is 1. The second-order valence-electron chi connectivity index (χ2n) is 4.75. The lowest BCUT2D eigenvalue weighted by atomic mass is 10.2. The first-order valence-corrected chi connectivity index (χ1v) is 6.59. The second kappa shape index (κ2) is 6.69. The van der Waals surface area contributed by atoms with Gasteiger partial charge in [-0.3, -0.25) is 9.78 Å². The predicted molar refractivity (Wildman–Crippen MR) is 77.0 cm³/mol. The van der Waals surface area contributed by atoms with Crippen LogP contribution in [0, 0.1) is 0 Å². The molecule has 2 aromatic heterocycles. The number of hydrogen-bond donors (Lipinski definition) is 1. The third-order valence-corrected chi connectivity index (χ3v) is 3.27. The number of aromatic carboxylic acids is 1. The molecule has 0 aliphatic heterocycles. The van der Waals surface area contributed by atoms with Crippen molar-refractivity contribution in [2.75, 3.05) is 13.6 Å². The molecule has 0 aromatic carbocycles. The number of likely N-dealkylation sites (N-methyl/N-ethyl adjacent to an activating group) is 1. The molecular weight excluding hydrogens is 270 g/mol. The number of pyridine rings is 1. The van der Waals surface area contributed by atoms with Gasteiger partial charge in [-0.2, -0.15) is 0 Å². The Morgan fingerprint density at radius 1 is 1.29 bits per heavy atom. The first kappa shape index (κ1) is 14.8. The summed E-state index contributed by atoms with van der Waals surface area (Å²) in [7, 11) is 1.72. The molecule has 21 heavy (non-hydrogen) atoms. The molecule has 0 aliphatic carbocycles. The van der Waals surface area contributed by atoms with Gasteiger partial charge in [0, 0.05) is 32.2 Å². The molecule has 0 bridgehead atoms. The van der Waals surface area contributed by atoms with Gasteiger partial charge in [0.2, 0.25) is 5.91 Å². The number of amides is 1. The molecule has 0 saturated heterocycles. The predicted octanol–water partition coefficient (Wildman–Crippen LogP) is 1.28. The zero-order chi connectivity index (χ0) is 15.2. The van der Waals surface area contributed by atoms with Gasteiger partial charge in [-0.05, 0) is 36.2 Å². The summed E-state index contributed by atoms with van der Waals surface area (Å²) in [6, 6.07) is 6.92.